The molecule has 0 atom stereocenters. The molecule has 4 N–H and O–H groups in total. The molecule has 1 aliphatic rings. The molecule has 9 nitrogen and oxygen atoms in total. The number of unbranched alkanes of at least 4 members (excludes halogenated alkanes) is 2. The Kier molecular flexibility index (Phi) is 12.7. The highest BCUT2D eigenvalue weighted by molar-refractivity contribution is 6.18. The Morgan fingerprint density at radius 1 is 0.617 bits per heavy atom. The van der Waals surface area contributed by atoms with Crippen LogP contribution in [0.2, 0.25) is 0 Å². The van der Waals surface area contributed by atoms with Gasteiger partial charge in [0.25, 0.3) is 0 Å². The summed E-state index contributed by atoms with van der Waals surface area (Å²) in [6.45, 7) is 2.93. The molecule has 0 bridgehead atoms. The first kappa shape index (κ1) is 34.4. The topological polar surface area (TPSA) is 115 Å². The van der Waals surface area contributed by atoms with Crippen LogP contribution in [0.15, 0.2) is 60.7 Å². The first-order valence-corrected chi connectivity index (χ1v) is 17.5. The van der Waals surface area contributed by atoms with E-state index in [1.807, 2.05) is 60.7 Å². The predicted octanol–water partition coefficient (Wildman–Crippen LogP) is 8.25. The van der Waals surface area contributed by atoms with Crippen molar-refractivity contribution in [1.29, 1.82) is 0 Å². The van der Waals surface area contributed by atoms with Gasteiger partial charge in [-0.05, 0) is 112 Å². The number of hydrogen-bond acceptors (Lipinski definition) is 6. The van der Waals surface area contributed by atoms with Gasteiger partial charge in [-0.15, -0.1) is 23.2 Å². The molecule has 0 aliphatic carbocycles. The molecule has 1 aromatic heterocycles. The van der Waals surface area contributed by atoms with Crippen molar-refractivity contribution >= 4 is 91.2 Å². The summed E-state index contributed by atoms with van der Waals surface area (Å²) in [6, 6.07) is 19.0. The van der Waals surface area contributed by atoms with Gasteiger partial charge in [0.2, 0.25) is 17.7 Å². The fourth-order valence-electron chi connectivity index (χ4n) is 5.71. The van der Waals surface area contributed by atoms with E-state index in [0.717, 1.165) is 73.2 Å². The molecule has 2 heterocycles. The first-order valence-electron chi connectivity index (χ1n) is 16.4. The van der Waals surface area contributed by atoms with Crippen molar-refractivity contribution < 1.29 is 14.4 Å². The quantitative estimate of drug-likeness (QED) is 0.0540. The van der Waals surface area contributed by atoms with Gasteiger partial charge in [0, 0.05) is 71.1 Å². The van der Waals surface area contributed by atoms with Gasteiger partial charge in [-0.25, -0.2) is 4.98 Å². The Bertz CT molecular complexity index is 1610. The van der Waals surface area contributed by atoms with Crippen LogP contribution in [0.3, 0.4) is 0 Å². The minimum atomic E-state index is -0.0732. The fourth-order valence-corrected chi connectivity index (χ4v) is 6.09. The van der Waals surface area contributed by atoms with E-state index in [2.05, 4.69) is 26.2 Å². The van der Waals surface area contributed by atoms with Gasteiger partial charge in [0.15, 0.2) is 0 Å². The largest absolute Gasteiger partial charge is 0.354 e. The number of rotatable bonds is 16. The van der Waals surface area contributed by atoms with E-state index in [-0.39, 0.29) is 17.7 Å². The number of anilines is 5. The third-order valence-corrected chi connectivity index (χ3v) is 8.74. The van der Waals surface area contributed by atoms with Crippen LogP contribution in [0.4, 0.5) is 28.4 Å². The molecule has 3 amide bonds. The molecule has 4 aromatic rings. The molecule has 0 unspecified atom stereocenters. The molecule has 1 aliphatic heterocycles. The van der Waals surface area contributed by atoms with Gasteiger partial charge >= 0.3 is 0 Å². The average Bonchev–Trinajstić information content (AvgIpc) is 3.58. The van der Waals surface area contributed by atoms with Crippen LogP contribution < -0.4 is 21.3 Å². The maximum atomic E-state index is 12.5. The monoisotopic (exact) mass is 676 g/mol. The number of benzene rings is 3. The lowest BCUT2D eigenvalue weighted by Gasteiger charge is -2.16. The second-order valence-corrected chi connectivity index (χ2v) is 12.6. The fraction of sp³-hybridized carbons (Fsp3) is 0.389. The molecule has 0 spiro atoms. The highest BCUT2D eigenvalue weighted by Crippen LogP contribution is 2.36. The molecule has 248 valence electrons. The van der Waals surface area contributed by atoms with Gasteiger partial charge in [-0.2, -0.15) is 0 Å². The summed E-state index contributed by atoms with van der Waals surface area (Å²) in [5.74, 6) is 0.920. The Morgan fingerprint density at radius 3 is 1.62 bits per heavy atom. The number of alkyl halides is 2. The normalized spacial score (nSPS) is 13.1. The number of hydrogen-bond donors (Lipinski definition) is 4. The van der Waals surface area contributed by atoms with Crippen molar-refractivity contribution in [3.8, 4) is 0 Å². The lowest BCUT2D eigenvalue weighted by Crippen LogP contribution is -2.25. The summed E-state index contributed by atoms with van der Waals surface area (Å²) in [4.78, 5) is 44.8. The van der Waals surface area contributed by atoms with Crippen molar-refractivity contribution in [3.05, 3.63) is 60.7 Å². The molecular formula is C36H42Cl2N6O3. The van der Waals surface area contributed by atoms with Crippen LogP contribution in [-0.2, 0) is 14.4 Å². The average molecular weight is 678 g/mol. The van der Waals surface area contributed by atoms with Crippen molar-refractivity contribution in [2.45, 2.75) is 57.8 Å². The first-order chi connectivity index (χ1) is 22.9. The minimum Gasteiger partial charge on any atom is -0.354 e. The van der Waals surface area contributed by atoms with E-state index in [4.69, 9.17) is 28.2 Å². The van der Waals surface area contributed by atoms with Crippen LogP contribution in [0.5, 0.6) is 0 Å². The highest BCUT2D eigenvalue weighted by Gasteiger charge is 2.15. The summed E-state index contributed by atoms with van der Waals surface area (Å²) in [6.07, 6.45) is 6.69. The van der Waals surface area contributed by atoms with Crippen molar-refractivity contribution in [2.24, 2.45) is 0 Å². The number of likely N-dealkylation sites (tertiary alicyclic amines) is 1. The molecule has 47 heavy (non-hydrogen) atoms. The van der Waals surface area contributed by atoms with Crippen molar-refractivity contribution in [2.75, 3.05) is 52.7 Å². The van der Waals surface area contributed by atoms with E-state index < -0.39 is 0 Å². The van der Waals surface area contributed by atoms with Crippen LogP contribution in [-0.4, -0.2) is 59.0 Å². The Labute approximate surface area is 285 Å². The molecule has 0 saturated carbocycles. The number of carbonyl (C=O) groups is 3. The lowest BCUT2D eigenvalue weighted by atomic mass is 10.1. The lowest BCUT2D eigenvalue weighted by molar-refractivity contribution is -0.117. The summed E-state index contributed by atoms with van der Waals surface area (Å²) in [7, 11) is 0. The molecule has 1 saturated heterocycles. The number of nitrogens with one attached hydrogen (secondary N) is 4. The smallest absolute Gasteiger partial charge is 0.225 e. The van der Waals surface area contributed by atoms with Crippen molar-refractivity contribution in [3.63, 3.8) is 0 Å². The molecule has 1 fully saturated rings. The van der Waals surface area contributed by atoms with Gasteiger partial charge < -0.3 is 26.2 Å². The van der Waals surface area contributed by atoms with Crippen LogP contribution in [0.1, 0.15) is 57.8 Å². The van der Waals surface area contributed by atoms with E-state index >= 15 is 0 Å². The highest BCUT2D eigenvalue weighted by atomic mass is 35.5. The summed E-state index contributed by atoms with van der Waals surface area (Å²) in [5, 5.41) is 14.3. The molecule has 5 rings (SSSR count). The van der Waals surface area contributed by atoms with Crippen LogP contribution in [0, 0.1) is 0 Å². The maximum Gasteiger partial charge on any atom is 0.225 e. The number of fused-ring (bicyclic) bond motifs is 2. The zero-order valence-electron chi connectivity index (χ0n) is 26.5. The van der Waals surface area contributed by atoms with E-state index in [0.29, 0.717) is 53.4 Å². The second-order valence-electron chi connectivity index (χ2n) is 11.9. The molecule has 11 heteroatoms. The zero-order valence-corrected chi connectivity index (χ0v) is 28.1. The van der Waals surface area contributed by atoms with Gasteiger partial charge in [0.1, 0.15) is 0 Å². The van der Waals surface area contributed by atoms with Gasteiger partial charge in [-0.3, -0.25) is 14.4 Å². The predicted molar refractivity (Wildman–Crippen MR) is 194 cm³/mol. The van der Waals surface area contributed by atoms with Crippen LogP contribution >= 0.6 is 23.2 Å². The molecule has 0 radical (unpaired) electrons. The number of carbonyl (C=O) groups excluding carboxylic acids is 3. The third kappa shape index (κ3) is 10.0. The zero-order chi connectivity index (χ0) is 33.0. The number of nitrogens with zero attached hydrogens (tertiary/aromatic N) is 2. The number of pyridine rings is 1. The van der Waals surface area contributed by atoms with Crippen LogP contribution in [0.25, 0.3) is 21.8 Å². The van der Waals surface area contributed by atoms with Gasteiger partial charge in [0.05, 0.1) is 16.7 Å². The SMILES string of the molecule is O=C(CCCCCl)Nc1ccc2c(Nc3ccc(NC(=O)CCN4CCCC4)cc3)c3ccc(NC(=O)CCCCCl)cc3nc2c1. The number of halogens is 2. The van der Waals surface area contributed by atoms with E-state index in [9.17, 15) is 14.4 Å². The van der Waals surface area contributed by atoms with Crippen molar-refractivity contribution in [1.82, 2.24) is 9.88 Å². The number of amides is 3. The summed E-state index contributed by atoms with van der Waals surface area (Å²) in [5.41, 5.74) is 5.09. The maximum absolute atomic E-state index is 12.5. The van der Waals surface area contributed by atoms with Gasteiger partial charge in [-0.1, -0.05) is 0 Å². The summed E-state index contributed by atoms with van der Waals surface area (Å²) < 4.78 is 0. The van der Waals surface area contributed by atoms with E-state index in [1.165, 1.54) is 12.8 Å². The Morgan fingerprint density at radius 2 is 1.09 bits per heavy atom. The third-order valence-electron chi connectivity index (χ3n) is 8.21. The summed E-state index contributed by atoms with van der Waals surface area (Å²) >= 11 is 11.5. The second kappa shape index (κ2) is 17.3. The minimum absolute atomic E-state index is 0.00705. The Balaban J connectivity index is 1.38. The molecular weight excluding hydrogens is 635 g/mol. The Hall–Kier alpha value is -3.92. The number of aromatic nitrogens is 1. The van der Waals surface area contributed by atoms with E-state index in [1.54, 1.807) is 0 Å². The molecule has 3 aromatic carbocycles. The standard InChI is InChI=1S/C36H42Cl2N6O3/c37-18-3-1-7-33(45)40-27-13-15-29-31(23-27)43-32-24-28(41-34(46)8-2-4-19-38)14-16-30(32)36(29)42-26-11-9-25(10-12-26)39-35(47)17-22-44-20-5-6-21-44/h9-16,23-24H,1-8,17-22H2,(H,39,47)(H,40,45)(H,41,46)(H,42,43).